The van der Waals surface area contributed by atoms with Crippen LogP contribution in [0, 0.1) is 12.7 Å². The fraction of sp³-hybridized carbons (Fsp3) is 0.214. The Morgan fingerprint density at radius 3 is 2.52 bits per heavy atom. The second kappa shape index (κ2) is 6.01. The lowest BCUT2D eigenvalue weighted by atomic mass is 10.1. The van der Waals surface area contributed by atoms with E-state index in [1.165, 1.54) is 0 Å². The van der Waals surface area contributed by atoms with Crippen molar-refractivity contribution in [3.05, 3.63) is 57.6 Å². The van der Waals surface area contributed by atoms with Crippen LogP contribution in [0.2, 0.25) is 0 Å². The van der Waals surface area contributed by atoms with E-state index in [0.29, 0.717) is 22.1 Å². The van der Waals surface area contributed by atoms with Gasteiger partial charge in [-0.3, -0.25) is 0 Å². The molecule has 0 saturated carbocycles. The minimum absolute atomic E-state index is 0.0220. The lowest BCUT2D eigenvalue weighted by molar-refractivity contribution is -0.138. The molecule has 2 rings (SSSR count). The van der Waals surface area contributed by atoms with Gasteiger partial charge in [-0.25, -0.2) is 9.37 Å². The molecule has 2 aromatic rings. The highest BCUT2D eigenvalue weighted by atomic mass is 79.9. The molecule has 1 aromatic heterocycles. The first-order valence-electron chi connectivity index (χ1n) is 6.00. The van der Waals surface area contributed by atoms with Crippen LogP contribution < -0.4 is 5.32 Å². The molecule has 2 nitrogen and oxygen atoms in total. The molecular weight excluding hydrogens is 352 g/mol. The number of halogens is 5. The number of nitrogens with zero attached hydrogens (tertiary/aromatic N) is 1. The van der Waals surface area contributed by atoms with Crippen LogP contribution in [0.15, 0.2) is 34.9 Å². The lowest BCUT2D eigenvalue weighted by Crippen LogP contribution is -2.12. The van der Waals surface area contributed by atoms with Crippen LogP contribution in [-0.4, -0.2) is 4.98 Å². The first kappa shape index (κ1) is 15.8. The van der Waals surface area contributed by atoms with Gasteiger partial charge in [-0.05, 0) is 52.7 Å². The molecule has 1 aromatic carbocycles. The summed E-state index contributed by atoms with van der Waals surface area (Å²) in [5.74, 6) is -0.910. The van der Waals surface area contributed by atoms with E-state index in [2.05, 4.69) is 26.2 Å². The van der Waals surface area contributed by atoms with E-state index in [-0.39, 0.29) is 12.1 Å². The molecule has 0 spiro atoms. The molecule has 0 fully saturated rings. The van der Waals surface area contributed by atoms with Crippen molar-refractivity contribution in [1.82, 2.24) is 4.98 Å². The zero-order valence-corrected chi connectivity index (χ0v) is 12.5. The highest BCUT2D eigenvalue weighted by Gasteiger charge is 2.33. The van der Waals surface area contributed by atoms with Gasteiger partial charge in [0.05, 0.1) is 16.9 Å². The van der Waals surface area contributed by atoms with Gasteiger partial charge >= 0.3 is 6.18 Å². The molecule has 0 amide bonds. The summed E-state index contributed by atoms with van der Waals surface area (Å²) in [5.41, 5.74) is 0.277. The van der Waals surface area contributed by atoms with E-state index in [4.69, 9.17) is 0 Å². The summed E-state index contributed by atoms with van der Waals surface area (Å²) in [6.07, 6.45) is -4.59. The summed E-state index contributed by atoms with van der Waals surface area (Å²) in [7, 11) is 0. The fourth-order valence-electron chi connectivity index (χ4n) is 1.87. The average molecular weight is 363 g/mol. The molecule has 1 N–H and O–H groups in total. The predicted molar refractivity (Wildman–Crippen MR) is 75.4 cm³/mol. The number of anilines is 1. The maximum atomic E-state index is 13.0. The Bertz CT molecular complexity index is 656. The number of hydrogen-bond donors (Lipinski definition) is 1. The summed E-state index contributed by atoms with van der Waals surface area (Å²) in [6.45, 7) is 1.67. The van der Waals surface area contributed by atoms with Gasteiger partial charge in [-0.15, -0.1) is 0 Å². The van der Waals surface area contributed by atoms with Crippen LogP contribution in [0.5, 0.6) is 0 Å². The Morgan fingerprint density at radius 2 is 1.90 bits per heavy atom. The first-order chi connectivity index (χ1) is 9.77. The Balaban J connectivity index is 2.24. The van der Waals surface area contributed by atoms with Crippen molar-refractivity contribution >= 4 is 21.6 Å². The van der Waals surface area contributed by atoms with Crippen LogP contribution in [-0.2, 0) is 12.7 Å². The molecule has 0 aliphatic rings. The van der Waals surface area contributed by atoms with Crippen LogP contribution in [0.1, 0.15) is 16.8 Å². The van der Waals surface area contributed by atoms with Gasteiger partial charge in [0.1, 0.15) is 10.4 Å². The fourth-order valence-corrected chi connectivity index (χ4v) is 2.27. The summed E-state index contributed by atoms with van der Waals surface area (Å²) in [6, 6.07) is 6.04. The van der Waals surface area contributed by atoms with Crippen molar-refractivity contribution in [2.75, 3.05) is 5.32 Å². The molecule has 0 bridgehead atoms. The molecule has 0 saturated heterocycles. The number of nitrogens with one attached hydrogen (secondary N) is 1. The summed E-state index contributed by atoms with van der Waals surface area (Å²) in [5, 5.41) is 2.88. The molecule has 112 valence electrons. The zero-order valence-electron chi connectivity index (χ0n) is 10.9. The van der Waals surface area contributed by atoms with Crippen LogP contribution >= 0.6 is 15.9 Å². The third-order valence-electron chi connectivity index (χ3n) is 2.90. The van der Waals surface area contributed by atoms with Gasteiger partial charge in [0.15, 0.2) is 0 Å². The summed E-state index contributed by atoms with van der Waals surface area (Å²) in [4.78, 5) is 4.14. The molecule has 0 aliphatic heterocycles. The zero-order chi connectivity index (χ0) is 15.6. The van der Waals surface area contributed by atoms with Crippen molar-refractivity contribution in [3.8, 4) is 0 Å². The highest BCUT2D eigenvalue weighted by molar-refractivity contribution is 9.10. The molecule has 1 heterocycles. The number of aromatic nitrogens is 1. The molecule has 7 heteroatoms. The van der Waals surface area contributed by atoms with Gasteiger partial charge in [0.2, 0.25) is 0 Å². The Morgan fingerprint density at radius 1 is 1.19 bits per heavy atom. The SMILES string of the molecule is Cc1nc(Br)ccc1NCc1ccc(F)cc1C(F)(F)F. The van der Waals surface area contributed by atoms with Crippen molar-refractivity contribution in [1.29, 1.82) is 0 Å². The number of aryl methyl sites for hydroxylation is 1. The van der Waals surface area contributed by atoms with Crippen LogP contribution in [0.4, 0.5) is 23.2 Å². The molecule has 0 unspecified atom stereocenters. The standard InChI is InChI=1S/C14H11BrF4N2/c1-8-12(4-5-13(15)21-8)20-7-9-2-3-10(16)6-11(9)14(17,18)19/h2-6,20H,7H2,1H3. The highest BCUT2D eigenvalue weighted by Crippen LogP contribution is 2.33. The normalized spacial score (nSPS) is 11.5. The maximum absolute atomic E-state index is 13.0. The quantitative estimate of drug-likeness (QED) is 0.618. The van der Waals surface area contributed by atoms with Crippen molar-refractivity contribution in [2.45, 2.75) is 19.6 Å². The third kappa shape index (κ3) is 3.93. The summed E-state index contributed by atoms with van der Waals surface area (Å²) < 4.78 is 52.3. The molecule has 0 radical (unpaired) electrons. The topological polar surface area (TPSA) is 24.9 Å². The van der Waals surface area contributed by atoms with E-state index in [1.807, 2.05) is 0 Å². The second-order valence-electron chi connectivity index (χ2n) is 4.42. The number of benzene rings is 1. The molecule has 21 heavy (non-hydrogen) atoms. The smallest absolute Gasteiger partial charge is 0.379 e. The Labute approximate surface area is 127 Å². The van der Waals surface area contributed by atoms with Crippen LogP contribution in [0.3, 0.4) is 0 Å². The first-order valence-corrected chi connectivity index (χ1v) is 6.79. The second-order valence-corrected chi connectivity index (χ2v) is 5.23. The van der Waals surface area contributed by atoms with Gasteiger partial charge in [-0.1, -0.05) is 6.07 Å². The van der Waals surface area contributed by atoms with Crippen molar-refractivity contribution < 1.29 is 17.6 Å². The number of rotatable bonds is 3. The lowest BCUT2D eigenvalue weighted by Gasteiger charge is -2.15. The van der Waals surface area contributed by atoms with Gasteiger partial charge in [0, 0.05) is 6.54 Å². The van der Waals surface area contributed by atoms with E-state index in [1.54, 1.807) is 19.1 Å². The maximum Gasteiger partial charge on any atom is 0.416 e. The van der Waals surface area contributed by atoms with E-state index in [9.17, 15) is 17.6 Å². The Kier molecular flexibility index (Phi) is 4.51. The van der Waals surface area contributed by atoms with Crippen molar-refractivity contribution in [2.24, 2.45) is 0 Å². The van der Waals surface area contributed by atoms with Gasteiger partial charge < -0.3 is 5.32 Å². The van der Waals surface area contributed by atoms with Gasteiger partial charge in [0.25, 0.3) is 0 Å². The average Bonchev–Trinajstić information content (AvgIpc) is 2.38. The molecular formula is C14H11BrF4N2. The van der Waals surface area contributed by atoms with E-state index >= 15 is 0 Å². The van der Waals surface area contributed by atoms with E-state index in [0.717, 1.165) is 12.1 Å². The third-order valence-corrected chi connectivity index (χ3v) is 3.34. The number of pyridine rings is 1. The van der Waals surface area contributed by atoms with Crippen LogP contribution in [0.25, 0.3) is 0 Å². The van der Waals surface area contributed by atoms with Crippen molar-refractivity contribution in [3.63, 3.8) is 0 Å². The minimum Gasteiger partial charge on any atom is -0.379 e. The monoisotopic (exact) mass is 362 g/mol. The Hall–Kier alpha value is -1.63. The minimum atomic E-state index is -4.59. The molecule has 0 aliphatic carbocycles. The van der Waals surface area contributed by atoms with E-state index < -0.39 is 17.6 Å². The summed E-state index contributed by atoms with van der Waals surface area (Å²) >= 11 is 3.21. The predicted octanol–water partition coefficient (Wildman–Crippen LogP) is 4.92. The number of hydrogen-bond acceptors (Lipinski definition) is 2. The number of alkyl halides is 3. The van der Waals surface area contributed by atoms with Gasteiger partial charge in [-0.2, -0.15) is 13.2 Å². The molecule has 0 atom stereocenters. The largest absolute Gasteiger partial charge is 0.416 e.